The van der Waals surface area contributed by atoms with Crippen molar-refractivity contribution >= 4 is 11.6 Å². The molecule has 0 unspecified atom stereocenters. The van der Waals surface area contributed by atoms with E-state index in [2.05, 4.69) is 10.6 Å². The fourth-order valence-corrected chi connectivity index (χ4v) is 1.86. The van der Waals surface area contributed by atoms with Gasteiger partial charge in [0.15, 0.2) is 0 Å². The summed E-state index contributed by atoms with van der Waals surface area (Å²) in [4.78, 5) is 11.8. The van der Waals surface area contributed by atoms with Crippen LogP contribution >= 0.6 is 0 Å². The molecule has 0 bridgehead atoms. The van der Waals surface area contributed by atoms with E-state index in [1.807, 2.05) is 55.5 Å². The highest BCUT2D eigenvalue weighted by Gasteiger charge is 2.01. The Morgan fingerprint density at radius 2 is 1.71 bits per heavy atom. The van der Waals surface area contributed by atoms with Crippen molar-refractivity contribution in [3.63, 3.8) is 0 Å². The van der Waals surface area contributed by atoms with Gasteiger partial charge in [0.1, 0.15) is 5.75 Å². The molecule has 0 aliphatic rings. The van der Waals surface area contributed by atoms with Crippen LogP contribution < -0.4 is 15.4 Å². The van der Waals surface area contributed by atoms with Crippen molar-refractivity contribution < 1.29 is 9.53 Å². The van der Waals surface area contributed by atoms with Gasteiger partial charge in [-0.05, 0) is 36.8 Å². The van der Waals surface area contributed by atoms with E-state index in [-0.39, 0.29) is 12.5 Å². The summed E-state index contributed by atoms with van der Waals surface area (Å²) in [6.07, 6.45) is 0. The Labute approximate surface area is 125 Å². The summed E-state index contributed by atoms with van der Waals surface area (Å²) in [5.41, 5.74) is 3.20. The number of methoxy groups -OCH3 is 1. The number of aryl methyl sites for hydroxylation is 1. The molecule has 110 valence electrons. The second kappa shape index (κ2) is 7.33. The third kappa shape index (κ3) is 4.84. The van der Waals surface area contributed by atoms with Gasteiger partial charge in [0.05, 0.1) is 13.7 Å². The lowest BCUT2D eigenvalue weighted by Crippen LogP contribution is -2.29. The van der Waals surface area contributed by atoms with Crippen LogP contribution in [0.1, 0.15) is 11.1 Å². The highest BCUT2D eigenvalue weighted by Crippen LogP contribution is 2.14. The molecule has 0 heterocycles. The van der Waals surface area contributed by atoms with Crippen LogP contribution in [0.2, 0.25) is 0 Å². The number of ether oxygens (including phenoxy) is 1. The molecule has 2 aromatic rings. The standard InChI is InChI=1S/C17H20N2O2/c1-13-3-5-14(6-4-13)11-19-17(20)12-18-15-7-9-16(21-2)10-8-15/h3-10,18H,11-12H2,1-2H3,(H,19,20). The van der Waals surface area contributed by atoms with Gasteiger partial charge < -0.3 is 15.4 Å². The maximum Gasteiger partial charge on any atom is 0.239 e. The van der Waals surface area contributed by atoms with Crippen LogP contribution in [0.4, 0.5) is 5.69 Å². The lowest BCUT2D eigenvalue weighted by molar-refractivity contribution is -0.119. The average Bonchev–Trinajstić information content (AvgIpc) is 2.53. The third-order valence-electron chi connectivity index (χ3n) is 3.15. The molecule has 0 saturated heterocycles. The summed E-state index contributed by atoms with van der Waals surface area (Å²) in [6.45, 7) is 2.84. The first kappa shape index (κ1) is 14.9. The fourth-order valence-electron chi connectivity index (χ4n) is 1.86. The van der Waals surface area contributed by atoms with Crippen molar-refractivity contribution in [1.82, 2.24) is 5.32 Å². The van der Waals surface area contributed by atoms with Gasteiger partial charge in [0.2, 0.25) is 5.91 Å². The van der Waals surface area contributed by atoms with Crippen molar-refractivity contribution in [2.45, 2.75) is 13.5 Å². The molecule has 1 amide bonds. The molecular weight excluding hydrogens is 264 g/mol. The molecule has 0 saturated carbocycles. The first-order chi connectivity index (χ1) is 10.2. The second-order valence-electron chi connectivity index (χ2n) is 4.84. The number of nitrogens with one attached hydrogen (secondary N) is 2. The van der Waals surface area contributed by atoms with Crippen LogP contribution in [0.3, 0.4) is 0 Å². The minimum absolute atomic E-state index is 0.0357. The number of amides is 1. The summed E-state index contributed by atoms with van der Waals surface area (Å²) in [5.74, 6) is 0.760. The van der Waals surface area contributed by atoms with Crippen molar-refractivity contribution in [3.8, 4) is 5.75 Å². The number of rotatable bonds is 6. The van der Waals surface area contributed by atoms with Crippen LogP contribution in [-0.2, 0) is 11.3 Å². The van der Waals surface area contributed by atoms with E-state index in [1.54, 1.807) is 7.11 Å². The zero-order valence-electron chi connectivity index (χ0n) is 12.3. The van der Waals surface area contributed by atoms with E-state index in [0.717, 1.165) is 17.0 Å². The van der Waals surface area contributed by atoms with Gasteiger partial charge in [-0.3, -0.25) is 4.79 Å². The largest absolute Gasteiger partial charge is 0.497 e. The Kier molecular flexibility index (Phi) is 5.21. The first-order valence-corrected chi connectivity index (χ1v) is 6.87. The molecule has 4 nitrogen and oxygen atoms in total. The molecule has 2 aromatic carbocycles. The lowest BCUT2D eigenvalue weighted by atomic mass is 10.1. The average molecular weight is 284 g/mol. The van der Waals surface area contributed by atoms with E-state index in [1.165, 1.54) is 5.56 Å². The molecule has 4 heteroatoms. The molecule has 0 aliphatic carbocycles. The first-order valence-electron chi connectivity index (χ1n) is 6.87. The molecule has 0 spiro atoms. The smallest absolute Gasteiger partial charge is 0.239 e. The number of hydrogen-bond acceptors (Lipinski definition) is 3. The zero-order valence-corrected chi connectivity index (χ0v) is 12.3. The second-order valence-corrected chi connectivity index (χ2v) is 4.84. The molecule has 0 radical (unpaired) electrons. The van der Waals surface area contributed by atoms with Crippen LogP contribution in [-0.4, -0.2) is 19.6 Å². The maximum atomic E-state index is 11.8. The van der Waals surface area contributed by atoms with Crippen molar-refractivity contribution in [2.24, 2.45) is 0 Å². The number of benzene rings is 2. The highest BCUT2D eigenvalue weighted by atomic mass is 16.5. The molecule has 0 aliphatic heterocycles. The molecule has 21 heavy (non-hydrogen) atoms. The molecule has 2 rings (SSSR count). The Hall–Kier alpha value is -2.49. The van der Waals surface area contributed by atoms with Gasteiger partial charge in [-0.25, -0.2) is 0 Å². The van der Waals surface area contributed by atoms with Crippen molar-refractivity contribution in [2.75, 3.05) is 19.0 Å². The van der Waals surface area contributed by atoms with E-state index in [0.29, 0.717) is 6.54 Å². The summed E-state index contributed by atoms with van der Waals surface area (Å²) >= 11 is 0. The topological polar surface area (TPSA) is 50.4 Å². The number of anilines is 1. The van der Waals surface area contributed by atoms with Crippen molar-refractivity contribution in [3.05, 3.63) is 59.7 Å². The Morgan fingerprint density at radius 3 is 2.33 bits per heavy atom. The summed E-state index contributed by atoms with van der Waals surface area (Å²) < 4.78 is 5.08. The quantitative estimate of drug-likeness (QED) is 0.857. The van der Waals surface area contributed by atoms with Gasteiger partial charge in [-0.1, -0.05) is 29.8 Å². The van der Waals surface area contributed by atoms with E-state index in [9.17, 15) is 4.79 Å². The minimum atomic E-state index is -0.0357. The van der Waals surface area contributed by atoms with Gasteiger partial charge in [0, 0.05) is 12.2 Å². The number of carbonyl (C=O) groups is 1. The third-order valence-corrected chi connectivity index (χ3v) is 3.15. The predicted octanol–water partition coefficient (Wildman–Crippen LogP) is 2.73. The maximum absolute atomic E-state index is 11.8. The Bertz CT molecular complexity index is 577. The van der Waals surface area contributed by atoms with Crippen molar-refractivity contribution in [1.29, 1.82) is 0 Å². The lowest BCUT2D eigenvalue weighted by Gasteiger charge is -2.08. The summed E-state index contributed by atoms with van der Waals surface area (Å²) in [5, 5.41) is 5.96. The SMILES string of the molecule is COc1ccc(NCC(=O)NCc2ccc(C)cc2)cc1. The summed E-state index contributed by atoms with van der Waals surface area (Å²) in [7, 11) is 1.63. The molecular formula is C17H20N2O2. The summed E-state index contributed by atoms with van der Waals surface area (Å²) in [6, 6.07) is 15.6. The monoisotopic (exact) mass is 284 g/mol. The fraction of sp³-hybridized carbons (Fsp3) is 0.235. The van der Waals surface area contributed by atoms with Gasteiger partial charge in [-0.2, -0.15) is 0 Å². The van der Waals surface area contributed by atoms with Gasteiger partial charge in [0.25, 0.3) is 0 Å². The highest BCUT2D eigenvalue weighted by molar-refractivity contribution is 5.80. The van der Waals surface area contributed by atoms with Crippen LogP contribution in [0, 0.1) is 6.92 Å². The predicted molar refractivity (Wildman–Crippen MR) is 84.5 cm³/mol. The normalized spacial score (nSPS) is 10.0. The number of carbonyl (C=O) groups excluding carboxylic acids is 1. The molecule has 0 fully saturated rings. The minimum Gasteiger partial charge on any atom is -0.497 e. The number of hydrogen-bond donors (Lipinski definition) is 2. The van der Waals surface area contributed by atoms with Crippen LogP contribution in [0.25, 0.3) is 0 Å². The van der Waals surface area contributed by atoms with Gasteiger partial charge >= 0.3 is 0 Å². The van der Waals surface area contributed by atoms with Crippen LogP contribution in [0.5, 0.6) is 5.75 Å². The van der Waals surface area contributed by atoms with Crippen LogP contribution in [0.15, 0.2) is 48.5 Å². The van der Waals surface area contributed by atoms with E-state index >= 15 is 0 Å². The van der Waals surface area contributed by atoms with Gasteiger partial charge in [-0.15, -0.1) is 0 Å². The zero-order chi connectivity index (χ0) is 15.1. The molecule has 2 N–H and O–H groups in total. The Balaban J connectivity index is 1.75. The molecule has 0 aromatic heterocycles. The Morgan fingerprint density at radius 1 is 1.05 bits per heavy atom. The van der Waals surface area contributed by atoms with E-state index < -0.39 is 0 Å². The van der Waals surface area contributed by atoms with E-state index in [4.69, 9.17) is 4.74 Å². The molecule has 0 atom stereocenters.